The van der Waals surface area contributed by atoms with Crippen molar-refractivity contribution >= 4 is 5.97 Å². The van der Waals surface area contributed by atoms with Crippen LogP contribution in [0.1, 0.15) is 11.7 Å². The van der Waals surface area contributed by atoms with E-state index in [9.17, 15) is 9.90 Å². The van der Waals surface area contributed by atoms with Gasteiger partial charge >= 0.3 is 5.97 Å². The number of aliphatic hydroxyl groups is 1. The first-order valence-corrected chi connectivity index (χ1v) is 4.85. The standard InChI is InChI=1S/C11H12O5/c1-15-6-2-3-7-9(4-6)16-5-8(10(7)12)11(13)14/h2-4,8,10,12H,5H2,1H3,(H,13,14). The molecule has 1 aromatic rings. The predicted molar refractivity (Wildman–Crippen MR) is 54.6 cm³/mol. The Balaban J connectivity index is 2.35. The average Bonchev–Trinajstić information content (AvgIpc) is 2.28. The fourth-order valence-electron chi connectivity index (χ4n) is 1.70. The SMILES string of the molecule is COc1ccc2c(c1)OCC(C(=O)O)C2O. The van der Waals surface area contributed by atoms with Crippen LogP contribution in [0.15, 0.2) is 18.2 Å². The third kappa shape index (κ3) is 1.69. The summed E-state index contributed by atoms with van der Waals surface area (Å²) in [6.45, 7) is -0.0311. The van der Waals surface area contributed by atoms with E-state index < -0.39 is 18.0 Å². The normalized spacial score (nSPS) is 23.1. The van der Waals surface area contributed by atoms with Gasteiger partial charge in [-0.3, -0.25) is 4.79 Å². The van der Waals surface area contributed by atoms with Crippen LogP contribution in [0.2, 0.25) is 0 Å². The fourth-order valence-corrected chi connectivity index (χ4v) is 1.70. The molecule has 16 heavy (non-hydrogen) atoms. The molecule has 0 saturated heterocycles. The molecule has 0 radical (unpaired) electrons. The fraction of sp³-hybridized carbons (Fsp3) is 0.364. The van der Waals surface area contributed by atoms with Gasteiger partial charge in [0.25, 0.3) is 0 Å². The summed E-state index contributed by atoms with van der Waals surface area (Å²) in [6, 6.07) is 4.92. The molecule has 0 aliphatic carbocycles. The van der Waals surface area contributed by atoms with E-state index in [1.807, 2.05) is 0 Å². The van der Waals surface area contributed by atoms with E-state index in [0.29, 0.717) is 17.1 Å². The van der Waals surface area contributed by atoms with Crippen LogP contribution >= 0.6 is 0 Å². The Morgan fingerprint density at radius 3 is 2.94 bits per heavy atom. The molecule has 0 amide bonds. The zero-order valence-electron chi connectivity index (χ0n) is 8.71. The summed E-state index contributed by atoms with van der Waals surface area (Å²) in [7, 11) is 1.53. The number of rotatable bonds is 2. The first-order valence-electron chi connectivity index (χ1n) is 4.85. The minimum absolute atomic E-state index is 0.0311. The molecule has 0 fully saturated rings. The van der Waals surface area contributed by atoms with Crippen molar-refractivity contribution in [3.8, 4) is 11.5 Å². The number of carboxylic acid groups (broad SMARTS) is 1. The quantitative estimate of drug-likeness (QED) is 0.777. The Labute approximate surface area is 92.2 Å². The van der Waals surface area contributed by atoms with Gasteiger partial charge in [-0.15, -0.1) is 0 Å². The Morgan fingerprint density at radius 1 is 1.56 bits per heavy atom. The number of ether oxygens (including phenoxy) is 2. The molecule has 2 unspecified atom stereocenters. The molecule has 2 rings (SSSR count). The third-order valence-corrected chi connectivity index (χ3v) is 2.66. The Morgan fingerprint density at radius 2 is 2.31 bits per heavy atom. The third-order valence-electron chi connectivity index (χ3n) is 2.66. The summed E-state index contributed by atoms with van der Waals surface area (Å²) in [5, 5.41) is 18.7. The lowest BCUT2D eigenvalue weighted by Crippen LogP contribution is -2.32. The second-order valence-corrected chi connectivity index (χ2v) is 3.60. The average molecular weight is 224 g/mol. The number of carboxylic acids is 1. The molecule has 0 spiro atoms. The van der Waals surface area contributed by atoms with Crippen LogP contribution in [0.25, 0.3) is 0 Å². The van der Waals surface area contributed by atoms with Gasteiger partial charge in [0, 0.05) is 11.6 Å². The van der Waals surface area contributed by atoms with Gasteiger partial charge in [-0.05, 0) is 12.1 Å². The summed E-state index contributed by atoms with van der Waals surface area (Å²) >= 11 is 0. The van der Waals surface area contributed by atoms with Crippen LogP contribution < -0.4 is 9.47 Å². The second-order valence-electron chi connectivity index (χ2n) is 3.60. The molecule has 0 aromatic heterocycles. The number of aliphatic hydroxyl groups excluding tert-OH is 1. The van der Waals surface area contributed by atoms with Crippen molar-refractivity contribution in [1.82, 2.24) is 0 Å². The highest BCUT2D eigenvalue weighted by atomic mass is 16.5. The first kappa shape index (κ1) is 10.8. The van der Waals surface area contributed by atoms with E-state index in [4.69, 9.17) is 14.6 Å². The zero-order valence-corrected chi connectivity index (χ0v) is 8.71. The van der Waals surface area contributed by atoms with Gasteiger partial charge < -0.3 is 19.7 Å². The highest BCUT2D eigenvalue weighted by Gasteiger charge is 2.34. The second kappa shape index (κ2) is 4.02. The number of carbonyl (C=O) groups is 1. The molecule has 1 aliphatic rings. The lowest BCUT2D eigenvalue weighted by atomic mass is 9.93. The van der Waals surface area contributed by atoms with E-state index in [2.05, 4.69) is 0 Å². The molecule has 2 N–H and O–H groups in total. The van der Waals surface area contributed by atoms with Crippen LogP contribution in [0.3, 0.4) is 0 Å². The number of hydrogen-bond donors (Lipinski definition) is 2. The molecule has 5 heteroatoms. The number of hydrogen-bond acceptors (Lipinski definition) is 4. The molecule has 1 aromatic carbocycles. The van der Waals surface area contributed by atoms with Crippen molar-refractivity contribution < 1.29 is 24.5 Å². The minimum atomic E-state index is -1.06. The molecule has 86 valence electrons. The largest absolute Gasteiger partial charge is 0.497 e. The molecular formula is C11H12O5. The van der Waals surface area contributed by atoms with E-state index in [-0.39, 0.29) is 6.61 Å². The highest BCUT2D eigenvalue weighted by Crippen LogP contribution is 2.37. The molecule has 1 aliphatic heterocycles. The molecular weight excluding hydrogens is 212 g/mol. The number of methoxy groups -OCH3 is 1. The smallest absolute Gasteiger partial charge is 0.313 e. The van der Waals surface area contributed by atoms with Crippen LogP contribution in [-0.4, -0.2) is 29.9 Å². The van der Waals surface area contributed by atoms with Crippen molar-refractivity contribution in [1.29, 1.82) is 0 Å². The maximum atomic E-state index is 10.8. The van der Waals surface area contributed by atoms with E-state index in [1.165, 1.54) is 7.11 Å². The van der Waals surface area contributed by atoms with Crippen molar-refractivity contribution in [3.05, 3.63) is 23.8 Å². The van der Waals surface area contributed by atoms with Crippen LogP contribution in [-0.2, 0) is 4.79 Å². The van der Waals surface area contributed by atoms with Crippen LogP contribution in [0.4, 0.5) is 0 Å². The molecule has 5 nitrogen and oxygen atoms in total. The first-order chi connectivity index (χ1) is 7.63. The van der Waals surface area contributed by atoms with E-state index in [1.54, 1.807) is 18.2 Å². The van der Waals surface area contributed by atoms with Gasteiger partial charge in [-0.1, -0.05) is 0 Å². The summed E-state index contributed by atoms with van der Waals surface area (Å²) in [6.07, 6.45) is -1.04. The number of benzene rings is 1. The highest BCUT2D eigenvalue weighted by molar-refractivity contribution is 5.72. The van der Waals surface area contributed by atoms with Gasteiger partial charge in [0.05, 0.1) is 13.2 Å². The van der Waals surface area contributed by atoms with Crippen LogP contribution in [0, 0.1) is 5.92 Å². The topological polar surface area (TPSA) is 76.0 Å². The van der Waals surface area contributed by atoms with Crippen molar-refractivity contribution in [2.45, 2.75) is 6.10 Å². The van der Waals surface area contributed by atoms with Gasteiger partial charge in [0.2, 0.25) is 0 Å². The van der Waals surface area contributed by atoms with E-state index in [0.717, 1.165) is 0 Å². The van der Waals surface area contributed by atoms with Gasteiger partial charge in [0.1, 0.15) is 24.0 Å². The van der Waals surface area contributed by atoms with Crippen molar-refractivity contribution in [3.63, 3.8) is 0 Å². The summed E-state index contributed by atoms with van der Waals surface area (Å²) in [5.41, 5.74) is 0.486. The Bertz CT molecular complexity index is 415. The molecule has 0 saturated carbocycles. The van der Waals surface area contributed by atoms with E-state index >= 15 is 0 Å². The monoisotopic (exact) mass is 224 g/mol. The van der Waals surface area contributed by atoms with Gasteiger partial charge in [-0.2, -0.15) is 0 Å². The van der Waals surface area contributed by atoms with Gasteiger partial charge in [0.15, 0.2) is 0 Å². The minimum Gasteiger partial charge on any atom is -0.497 e. The lowest BCUT2D eigenvalue weighted by molar-refractivity contribution is -0.148. The van der Waals surface area contributed by atoms with Crippen molar-refractivity contribution in [2.24, 2.45) is 5.92 Å². The number of fused-ring (bicyclic) bond motifs is 1. The molecule has 2 atom stereocenters. The maximum Gasteiger partial charge on any atom is 0.313 e. The van der Waals surface area contributed by atoms with Crippen LogP contribution in [0.5, 0.6) is 11.5 Å². The number of aliphatic carboxylic acids is 1. The summed E-state index contributed by atoms with van der Waals surface area (Å²) in [4.78, 5) is 10.8. The molecule has 1 heterocycles. The molecule has 0 bridgehead atoms. The summed E-state index contributed by atoms with van der Waals surface area (Å²) in [5.74, 6) is -0.890. The Kier molecular flexibility index (Phi) is 2.70. The lowest BCUT2D eigenvalue weighted by Gasteiger charge is -2.27. The Hall–Kier alpha value is -1.75. The van der Waals surface area contributed by atoms with Gasteiger partial charge in [-0.25, -0.2) is 0 Å². The maximum absolute atomic E-state index is 10.8. The predicted octanol–water partition coefficient (Wildman–Crippen LogP) is 0.822. The van der Waals surface area contributed by atoms with Crippen molar-refractivity contribution in [2.75, 3.05) is 13.7 Å². The zero-order chi connectivity index (χ0) is 11.7. The summed E-state index contributed by atoms with van der Waals surface area (Å²) < 4.78 is 10.3.